The molecule has 1 aliphatic heterocycles. The summed E-state index contributed by atoms with van der Waals surface area (Å²) in [5.41, 5.74) is 6.36. The number of anilines is 3. The van der Waals surface area contributed by atoms with Gasteiger partial charge in [-0.25, -0.2) is 14.4 Å². The van der Waals surface area contributed by atoms with Crippen LogP contribution in [0.4, 0.5) is 21.7 Å². The van der Waals surface area contributed by atoms with E-state index in [0.717, 1.165) is 0 Å². The molecule has 2 heterocycles. The molecule has 0 radical (unpaired) electrons. The summed E-state index contributed by atoms with van der Waals surface area (Å²) in [4.78, 5) is 12.2. The van der Waals surface area contributed by atoms with Gasteiger partial charge in [0.15, 0.2) is 5.82 Å². The molecule has 1 fully saturated rings. The van der Waals surface area contributed by atoms with Gasteiger partial charge in [0, 0.05) is 25.7 Å². The number of hydrogen-bond donors (Lipinski definition) is 1. The van der Waals surface area contributed by atoms with E-state index in [1.165, 1.54) is 12.4 Å². The van der Waals surface area contributed by atoms with Gasteiger partial charge < -0.3 is 15.5 Å². The van der Waals surface area contributed by atoms with E-state index < -0.39 is 0 Å². The molecule has 2 N–H and O–H groups in total. The second-order valence-electron chi connectivity index (χ2n) is 5.34. The average molecular weight is 322 g/mol. The number of para-hydroxylation sites is 1. The molecule has 0 aliphatic carbocycles. The van der Waals surface area contributed by atoms with Crippen molar-refractivity contribution in [1.82, 2.24) is 9.97 Å². The first-order valence-corrected chi connectivity index (χ1v) is 7.48. The monoisotopic (exact) mass is 321 g/mol. The van der Waals surface area contributed by atoms with Crippen LogP contribution in [0.5, 0.6) is 0 Å². The highest BCUT2D eigenvalue weighted by Crippen LogP contribution is 2.30. The van der Waals surface area contributed by atoms with Gasteiger partial charge in [0.05, 0.1) is 5.69 Å². The highest BCUT2D eigenvalue weighted by atomic mass is 35.5. The minimum absolute atomic E-state index is 0.123. The number of hydrogen-bond acceptors (Lipinski definition) is 5. The topological polar surface area (TPSA) is 58.3 Å². The lowest BCUT2D eigenvalue weighted by molar-refractivity contribution is 0.530. The van der Waals surface area contributed by atoms with Crippen molar-refractivity contribution in [3.8, 4) is 0 Å². The van der Waals surface area contributed by atoms with Gasteiger partial charge in [-0.1, -0.05) is 23.7 Å². The molecule has 1 atom stereocenters. The Kier molecular flexibility index (Phi) is 4.02. The lowest BCUT2D eigenvalue weighted by Crippen LogP contribution is -2.52. The van der Waals surface area contributed by atoms with Gasteiger partial charge in [-0.05, 0) is 19.1 Å². The summed E-state index contributed by atoms with van der Waals surface area (Å²) in [7, 11) is 0. The Morgan fingerprint density at radius 3 is 2.77 bits per heavy atom. The second kappa shape index (κ2) is 5.96. The van der Waals surface area contributed by atoms with Crippen molar-refractivity contribution in [2.24, 2.45) is 0 Å². The van der Waals surface area contributed by atoms with Crippen molar-refractivity contribution in [3.63, 3.8) is 0 Å². The van der Waals surface area contributed by atoms with E-state index in [4.69, 9.17) is 17.3 Å². The molecule has 1 aromatic carbocycles. The van der Waals surface area contributed by atoms with Crippen LogP contribution in [0.15, 0.2) is 30.6 Å². The second-order valence-corrected chi connectivity index (χ2v) is 5.71. The number of halogens is 2. The largest absolute Gasteiger partial charge is 0.382 e. The third-order valence-electron chi connectivity index (χ3n) is 3.89. The maximum Gasteiger partial charge on any atom is 0.153 e. The smallest absolute Gasteiger partial charge is 0.153 e. The lowest BCUT2D eigenvalue weighted by atomic mass is 10.1. The van der Waals surface area contributed by atoms with Crippen LogP contribution < -0.4 is 15.5 Å². The van der Waals surface area contributed by atoms with E-state index in [0.29, 0.717) is 36.2 Å². The van der Waals surface area contributed by atoms with E-state index >= 15 is 0 Å². The molecule has 0 spiro atoms. The van der Waals surface area contributed by atoms with Crippen molar-refractivity contribution >= 4 is 28.9 Å². The van der Waals surface area contributed by atoms with Crippen molar-refractivity contribution in [3.05, 3.63) is 41.4 Å². The van der Waals surface area contributed by atoms with Crippen LogP contribution in [0, 0.1) is 5.82 Å². The number of nitrogens with zero attached hydrogens (tertiary/aromatic N) is 4. The summed E-state index contributed by atoms with van der Waals surface area (Å²) < 4.78 is 14.0. The fourth-order valence-electron chi connectivity index (χ4n) is 2.79. The standard InChI is InChI=1S/C15H17ClFN5/c1-10-8-21(15-13(16)14(18)19-9-20-15)6-7-22(10)12-5-3-2-4-11(12)17/h2-5,9-10H,6-8H2,1H3,(H2,18,19,20). The van der Waals surface area contributed by atoms with Crippen LogP contribution in [0.2, 0.25) is 5.02 Å². The van der Waals surface area contributed by atoms with Crippen molar-refractivity contribution < 1.29 is 4.39 Å². The number of piperazine rings is 1. The van der Waals surface area contributed by atoms with Crippen LogP contribution in [0.25, 0.3) is 0 Å². The van der Waals surface area contributed by atoms with Crippen LogP contribution in [0.1, 0.15) is 6.92 Å². The zero-order valence-electron chi connectivity index (χ0n) is 12.2. The average Bonchev–Trinajstić information content (AvgIpc) is 2.51. The number of benzene rings is 1. The van der Waals surface area contributed by atoms with Gasteiger partial charge in [0.25, 0.3) is 0 Å². The molecule has 1 saturated heterocycles. The summed E-state index contributed by atoms with van der Waals surface area (Å²) in [6, 6.07) is 6.95. The highest BCUT2D eigenvalue weighted by Gasteiger charge is 2.27. The molecule has 1 aliphatic rings. The van der Waals surface area contributed by atoms with Crippen molar-refractivity contribution in [2.75, 3.05) is 35.2 Å². The molecule has 22 heavy (non-hydrogen) atoms. The van der Waals surface area contributed by atoms with Crippen LogP contribution in [0.3, 0.4) is 0 Å². The Balaban J connectivity index is 1.81. The lowest BCUT2D eigenvalue weighted by Gasteiger charge is -2.42. The van der Waals surface area contributed by atoms with Crippen LogP contribution in [-0.2, 0) is 0 Å². The maximum absolute atomic E-state index is 14.0. The molecule has 0 amide bonds. The molecule has 2 aromatic rings. The van der Waals surface area contributed by atoms with Gasteiger partial charge in [-0.15, -0.1) is 0 Å². The zero-order chi connectivity index (χ0) is 15.7. The summed E-state index contributed by atoms with van der Waals surface area (Å²) in [6.07, 6.45) is 1.41. The summed E-state index contributed by atoms with van der Waals surface area (Å²) in [6.45, 7) is 4.11. The molecular weight excluding hydrogens is 305 g/mol. The molecule has 116 valence electrons. The van der Waals surface area contributed by atoms with Crippen molar-refractivity contribution in [2.45, 2.75) is 13.0 Å². The molecule has 7 heteroatoms. The Morgan fingerprint density at radius 1 is 1.27 bits per heavy atom. The van der Waals surface area contributed by atoms with Gasteiger partial charge in [-0.2, -0.15) is 0 Å². The highest BCUT2D eigenvalue weighted by molar-refractivity contribution is 6.35. The number of aromatic nitrogens is 2. The number of nitrogens with two attached hydrogens (primary N) is 1. The fraction of sp³-hybridized carbons (Fsp3) is 0.333. The van der Waals surface area contributed by atoms with E-state index in [9.17, 15) is 4.39 Å². The third-order valence-corrected chi connectivity index (χ3v) is 4.25. The predicted octanol–water partition coefficient (Wildman–Crippen LogP) is 2.57. The van der Waals surface area contributed by atoms with Gasteiger partial charge >= 0.3 is 0 Å². The van der Waals surface area contributed by atoms with Gasteiger partial charge in [-0.3, -0.25) is 0 Å². The van der Waals surface area contributed by atoms with Crippen LogP contribution in [-0.4, -0.2) is 35.6 Å². The minimum atomic E-state index is -0.202. The fourth-order valence-corrected chi connectivity index (χ4v) is 3.00. The normalized spacial score (nSPS) is 18.6. The van der Waals surface area contributed by atoms with Gasteiger partial charge in [0.2, 0.25) is 0 Å². The van der Waals surface area contributed by atoms with Crippen LogP contribution >= 0.6 is 11.6 Å². The SMILES string of the molecule is CC1CN(c2ncnc(N)c2Cl)CCN1c1ccccc1F. The number of rotatable bonds is 2. The maximum atomic E-state index is 14.0. The minimum Gasteiger partial charge on any atom is -0.382 e. The molecule has 0 saturated carbocycles. The molecular formula is C15H17ClFN5. The summed E-state index contributed by atoms with van der Waals surface area (Å²) in [5.74, 6) is 0.706. The van der Waals surface area contributed by atoms with Gasteiger partial charge in [0.1, 0.15) is 23.0 Å². The molecule has 1 unspecified atom stereocenters. The Hall–Kier alpha value is -2.08. The van der Waals surface area contributed by atoms with Crippen molar-refractivity contribution in [1.29, 1.82) is 0 Å². The Bertz CT molecular complexity index is 681. The van der Waals surface area contributed by atoms with E-state index in [1.807, 2.05) is 6.07 Å². The molecule has 1 aromatic heterocycles. The summed E-state index contributed by atoms with van der Waals surface area (Å²) in [5, 5.41) is 0.369. The first kappa shape index (κ1) is 14.8. The quantitative estimate of drug-likeness (QED) is 0.921. The Labute approximate surface area is 133 Å². The third kappa shape index (κ3) is 2.66. The zero-order valence-corrected chi connectivity index (χ0v) is 13.0. The predicted molar refractivity (Wildman–Crippen MR) is 86.9 cm³/mol. The molecule has 5 nitrogen and oxygen atoms in total. The first-order valence-electron chi connectivity index (χ1n) is 7.10. The first-order chi connectivity index (χ1) is 10.6. The molecule has 0 bridgehead atoms. The Morgan fingerprint density at radius 2 is 2.05 bits per heavy atom. The van der Waals surface area contributed by atoms with E-state index in [2.05, 4.69) is 26.7 Å². The number of nitrogen functional groups attached to an aromatic ring is 1. The van der Waals surface area contributed by atoms with E-state index in [1.54, 1.807) is 12.1 Å². The van der Waals surface area contributed by atoms with E-state index in [-0.39, 0.29) is 17.7 Å². The summed E-state index contributed by atoms with van der Waals surface area (Å²) >= 11 is 6.19. The molecule has 3 rings (SSSR count).